The standard InChI is InChI=1S/C14H13F2NO3S/c15-14(16)21(19,20)12-7-5-11(6-8-12)17-9-10-3-1-2-4-13(10)18/h1-8,14,17-18H,9H2. The van der Waals surface area contributed by atoms with Crippen LogP contribution in [0.2, 0.25) is 0 Å². The Hall–Kier alpha value is -2.15. The predicted octanol–water partition coefficient (Wildman–Crippen LogP) is 3.00. The van der Waals surface area contributed by atoms with Gasteiger partial charge < -0.3 is 10.4 Å². The van der Waals surface area contributed by atoms with E-state index in [4.69, 9.17) is 0 Å². The van der Waals surface area contributed by atoms with Crippen LogP contribution in [0.25, 0.3) is 0 Å². The predicted molar refractivity (Wildman–Crippen MR) is 75.1 cm³/mol. The number of para-hydroxylation sites is 1. The molecular weight excluding hydrogens is 300 g/mol. The van der Waals surface area contributed by atoms with Crippen LogP contribution >= 0.6 is 0 Å². The van der Waals surface area contributed by atoms with Crippen molar-refractivity contribution in [3.05, 3.63) is 54.1 Å². The lowest BCUT2D eigenvalue weighted by Gasteiger charge is -2.09. The number of hydrogen-bond donors (Lipinski definition) is 2. The Kier molecular flexibility index (Phi) is 4.42. The molecule has 0 unspecified atom stereocenters. The molecule has 0 saturated carbocycles. The molecule has 0 aliphatic carbocycles. The maximum atomic E-state index is 12.4. The van der Waals surface area contributed by atoms with Gasteiger partial charge in [0.1, 0.15) is 5.75 Å². The summed E-state index contributed by atoms with van der Waals surface area (Å²) in [5.41, 5.74) is 1.23. The monoisotopic (exact) mass is 313 g/mol. The molecule has 0 fully saturated rings. The number of nitrogens with one attached hydrogen (secondary N) is 1. The number of alkyl halides is 2. The first-order valence-corrected chi connectivity index (χ1v) is 7.59. The summed E-state index contributed by atoms with van der Waals surface area (Å²) in [7, 11) is -4.57. The minimum atomic E-state index is -4.57. The summed E-state index contributed by atoms with van der Waals surface area (Å²) in [6.45, 7) is 0.327. The highest BCUT2D eigenvalue weighted by atomic mass is 32.2. The molecule has 2 aromatic rings. The van der Waals surface area contributed by atoms with Crippen LogP contribution in [-0.2, 0) is 16.4 Å². The summed E-state index contributed by atoms with van der Waals surface area (Å²) in [6.07, 6.45) is 0. The molecule has 112 valence electrons. The van der Waals surface area contributed by atoms with Gasteiger partial charge in [0, 0.05) is 17.8 Å². The number of rotatable bonds is 5. The third-order valence-electron chi connectivity index (χ3n) is 2.89. The van der Waals surface area contributed by atoms with Crippen LogP contribution in [-0.4, -0.2) is 19.3 Å². The molecule has 0 aliphatic rings. The van der Waals surface area contributed by atoms with Gasteiger partial charge in [-0.15, -0.1) is 0 Å². The molecule has 0 saturated heterocycles. The van der Waals surface area contributed by atoms with Crippen LogP contribution in [0.3, 0.4) is 0 Å². The van der Waals surface area contributed by atoms with E-state index in [1.54, 1.807) is 24.3 Å². The van der Waals surface area contributed by atoms with Crippen molar-refractivity contribution in [2.45, 2.75) is 17.2 Å². The lowest BCUT2D eigenvalue weighted by Crippen LogP contribution is -2.11. The summed E-state index contributed by atoms with van der Waals surface area (Å²) >= 11 is 0. The van der Waals surface area contributed by atoms with Crippen molar-refractivity contribution in [1.29, 1.82) is 0 Å². The molecule has 0 spiro atoms. The van der Waals surface area contributed by atoms with Crippen LogP contribution in [0.4, 0.5) is 14.5 Å². The molecule has 0 radical (unpaired) electrons. The second-order valence-electron chi connectivity index (χ2n) is 4.31. The van der Waals surface area contributed by atoms with Crippen LogP contribution in [0.1, 0.15) is 5.56 Å². The van der Waals surface area contributed by atoms with Gasteiger partial charge in [-0.05, 0) is 30.3 Å². The first kappa shape index (κ1) is 15.2. The van der Waals surface area contributed by atoms with Crippen LogP contribution in [0.15, 0.2) is 53.4 Å². The van der Waals surface area contributed by atoms with Crippen molar-refractivity contribution in [3.8, 4) is 5.75 Å². The molecular formula is C14H13F2NO3S. The molecule has 2 rings (SSSR count). The van der Waals surface area contributed by atoms with Gasteiger partial charge in [-0.25, -0.2) is 8.42 Å². The lowest BCUT2D eigenvalue weighted by atomic mass is 10.2. The Morgan fingerprint density at radius 1 is 1.05 bits per heavy atom. The Morgan fingerprint density at radius 3 is 2.24 bits per heavy atom. The molecule has 0 heterocycles. The molecule has 21 heavy (non-hydrogen) atoms. The zero-order valence-corrected chi connectivity index (χ0v) is 11.6. The average molecular weight is 313 g/mol. The Labute approximate surface area is 121 Å². The summed E-state index contributed by atoms with van der Waals surface area (Å²) in [6, 6.07) is 11.8. The number of phenolic OH excluding ortho intramolecular Hbond substituents is 1. The molecule has 0 amide bonds. The second-order valence-corrected chi connectivity index (χ2v) is 6.23. The van der Waals surface area contributed by atoms with Gasteiger partial charge in [0.05, 0.1) is 4.90 Å². The van der Waals surface area contributed by atoms with Gasteiger partial charge in [0.15, 0.2) is 0 Å². The van der Waals surface area contributed by atoms with Crippen molar-refractivity contribution in [2.75, 3.05) is 5.32 Å². The smallest absolute Gasteiger partial charge is 0.341 e. The summed E-state index contributed by atoms with van der Waals surface area (Å²) in [5.74, 6) is -3.29. The third-order valence-corrected chi connectivity index (χ3v) is 4.29. The van der Waals surface area contributed by atoms with E-state index in [1.807, 2.05) is 0 Å². The van der Waals surface area contributed by atoms with Gasteiger partial charge in [0.25, 0.3) is 0 Å². The van der Waals surface area contributed by atoms with Gasteiger partial charge in [-0.2, -0.15) is 8.78 Å². The molecule has 0 aromatic heterocycles. The topological polar surface area (TPSA) is 66.4 Å². The van der Waals surface area contributed by atoms with Crippen LogP contribution in [0.5, 0.6) is 5.75 Å². The molecule has 7 heteroatoms. The Morgan fingerprint density at radius 2 is 1.67 bits per heavy atom. The van der Waals surface area contributed by atoms with Crippen molar-refractivity contribution in [3.63, 3.8) is 0 Å². The van der Waals surface area contributed by atoms with Gasteiger partial charge in [-0.1, -0.05) is 18.2 Å². The maximum absolute atomic E-state index is 12.4. The number of sulfone groups is 1. The van der Waals surface area contributed by atoms with Gasteiger partial charge >= 0.3 is 5.76 Å². The van der Waals surface area contributed by atoms with Crippen molar-refractivity contribution >= 4 is 15.5 Å². The van der Waals surface area contributed by atoms with Crippen molar-refractivity contribution in [1.82, 2.24) is 0 Å². The van der Waals surface area contributed by atoms with Crippen molar-refractivity contribution < 1.29 is 22.3 Å². The highest BCUT2D eigenvalue weighted by Crippen LogP contribution is 2.21. The lowest BCUT2D eigenvalue weighted by molar-refractivity contribution is 0.234. The second kappa shape index (κ2) is 6.09. The first-order chi connectivity index (χ1) is 9.91. The van der Waals surface area contributed by atoms with Crippen LogP contribution < -0.4 is 5.32 Å². The number of benzene rings is 2. The zero-order chi connectivity index (χ0) is 15.5. The van der Waals surface area contributed by atoms with E-state index in [-0.39, 0.29) is 5.75 Å². The summed E-state index contributed by atoms with van der Waals surface area (Å²) in [4.78, 5) is -0.425. The van der Waals surface area contributed by atoms with E-state index in [2.05, 4.69) is 5.32 Å². The summed E-state index contributed by atoms with van der Waals surface area (Å²) < 4.78 is 47.3. The van der Waals surface area contributed by atoms with Gasteiger partial charge in [-0.3, -0.25) is 0 Å². The SMILES string of the molecule is O=S(=O)(c1ccc(NCc2ccccc2O)cc1)C(F)F. The third kappa shape index (κ3) is 3.49. The van der Waals surface area contributed by atoms with Gasteiger partial charge in [0.2, 0.25) is 9.84 Å². The quantitative estimate of drug-likeness (QED) is 0.890. The normalized spacial score (nSPS) is 11.6. The molecule has 2 N–H and O–H groups in total. The number of aromatic hydroxyl groups is 1. The highest BCUT2D eigenvalue weighted by molar-refractivity contribution is 7.91. The molecule has 2 aromatic carbocycles. The molecule has 0 bridgehead atoms. The zero-order valence-electron chi connectivity index (χ0n) is 10.8. The number of halogens is 2. The fraction of sp³-hybridized carbons (Fsp3) is 0.143. The fourth-order valence-electron chi connectivity index (χ4n) is 1.72. The highest BCUT2D eigenvalue weighted by Gasteiger charge is 2.26. The minimum absolute atomic E-state index is 0.141. The molecule has 0 atom stereocenters. The van der Waals surface area contributed by atoms with E-state index in [0.717, 1.165) is 12.1 Å². The molecule has 4 nitrogen and oxygen atoms in total. The van der Waals surface area contributed by atoms with E-state index in [9.17, 15) is 22.3 Å². The number of anilines is 1. The summed E-state index contributed by atoms with van der Waals surface area (Å²) in [5, 5.41) is 12.6. The first-order valence-electron chi connectivity index (χ1n) is 6.04. The minimum Gasteiger partial charge on any atom is -0.508 e. The van der Waals surface area contributed by atoms with E-state index in [1.165, 1.54) is 12.1 Å². The maximum Gasteiger partial charge on any atom is 0.341 e. The van der Waals surface area contributed by atoms with Crippen LogP contribution in [0, 0.1) is 0 Å². The van der Waals surface area contributed by atoms with E-state index >= 15 is 0 Å². The van der Waals surface area contributed by atoms with Crippen molar-refractivity contribution in [2.24, 2.45) is 0 Å². The average Bonchev–Trinajstić information content (AvgIpc) is 2.46. The molecule has 0 aliphatic heterocycles. The Balaban J connectivity index is 2.09. The fourth-order valence-corrected chi connectivity index (χ4v) is 2.44. The number of hydrogen-bond acceptors (Lipinski definition) is 4. The number of phenols is 1. The largest absolute Gasteiger partial charge is 0.508 e. The van der Waals surface area contributed by atoms with E-state index in [0.29, 0.717) is 17.8 Å². The Bertz CT molecular complexity index is 715. The van der Waals surface area contributed by atoms with E-state index < -0.39 is 20.5 Å².